The summed E-state index contributed by atoms with van der Waals surface area (Å²) in [6.45, 7) is 7.11. The number of benzene rings is 1. The van der Waals surface area contributed by atoms with Crippen LogP contribution < -0.4 is 10.1 Å². The van der Waals surface area contributed by atoms with Crippen LogP contribution in [0.2, 0.25) is 4.34 Å². The first-order valence-corrected chi connectivity index (χ1v) is 7.90. The zero-order valence-corrected chi connectivity index (χ0v) is 13.9. The lowest BCUT2D eigenvalue weighted by Crippen LogP contribution is -2.21. The molecule has 1 aromatic carbocycles. The highest BCUT2D eigenvalue weighted by atomic mass is 35.5. The molecule has 0 spiro atoms. The maximum absolute atomic E-state index is 6.21. The van der Waals surface area contributed by atoms with Crippen molar-refractivity contribution in [3.05, 3.63) is 50.2 Å². The summed E-state index contributed by atoms with van der Waals surface area (Å²) in [6.07, 6.45) is 0. The number of thiophene rings is 1. The maximum Gasteiger partial charge on any atom is 0.122 e. The van der Waals surface area contributed by atoms with Crippen LogP contribution in [0, 0.1) is 13.8 Å². The molecule has 0 saturated carbocycles. The normalized spacial score (nSPS) is 12.4. The molecule has 2 rings (SSSR count). The van der Waals surface area contributed by atoms with Gasteiger partial charge in [0.05, 0.1) is 17.5 Å². The van der Waals surface area contributed by atoms with Crippen molar-refractivity contribution in [3.8, 4) is 5.75 Å². The van der Waals surface area contributed by atoms with Crippen molar-refractivity contribution in [2.75, 3.05) is 13.7 Å². The lowest BCUT2D eigenvalue weighted by Gasteiger charge is -2.18. The highest BCUT2D eigenvalue weighted by molar-refractivity contribution is 7.16. The van der Waals surface area contributed by atoms with Gasteiger partial charge in [0.25, 0.3) is 0 Å². The molecule has 0 radical (unpaired) electrons. The van der Waals surface area contributed by atoms with E-state index in [4.69, 9.17) is 16.3 Å². The molecule has 1 heterocycles. The van der Waals surface area contributed by atoms with Crippen molar-refractivity contribution in [2.24, 2.45) is 0 Å². The SMILES string of the molecule is CCNC(c1ccc(C)c(OC)c1)c1cc(C)c(Cl)s1. The van der Waals surface area contributed by atoms with Gasteiger partial charge in [-0.25, -0.2) is 0 Å². The average molecular weight is 310 g/mol. The molecule has 0 amide bonds. The first-order valence-electron chi connectivity index (χ1n) is 6.70. The molecule has 2 aromatic rings. The number of ether oxygens (including phenoxy) is 1. The number of nitrogens with one attached hydrogen (secondary N) is 1. The molecule has 1 N–H and O–H groups in total. The summed E-state index contributed by atoms with van der Waals surface area (Å²) in [5.41, 5.74) is 3.48. The largest absolute Gasteiger partial charge is 0.496 e. The monoisotopic (exact) mass is 309 g/mol. The summed E-state index contributed by atoms with van der Waals surface area (Å²) in [6, 6.07) is 8.66. The predicted molar refractivity (Wildman–Crippen MR) is 87.3 cm³/mol. The fourth-order valence-electron chi connectivity index (χ4n) is 2.23. The van der Waals surface area contributed by atoms with E-state index in [1.54, 1.807) is 18.4 Å². The molecule has 0 aliphatic heterocycles. The van der Waals surface area contributed by atoms with Crippen molar-refractivity contribution in [1.29, 1.82) is 0 Å². The van der Waals surface area contributed by atoms with Gasteiger partial charge in [-0.15, -0.1) is 11.3 Å². The Bertz CT molecular complexity index is 575. The minimum Gasteiger partial charge on any atom is -0.496 e. The van der Waals surface area contributed by atoms with E-state index < -0.39 is 0 Å². The Hall–Kier alpha value is -1.03. The molecule has 0 bridgehead atoms. The van der Waals surface area contributed by atoms with E-state index in [9.17, 15) is 0 Å². The number of aryl methyl sites for hydroxylation is 2. The smallest absolute Gasteiger partial charge is 0.122 e. The maximum atomic E-state index is 6.21. The first-order chi connectivity index (χ1) is 9.56. The minimum absolute atomic E-state index is 0.158. The second-order valence-electron chi connectivity index (χ2n) is 4.83. The summed E-state index contributed by atoms with van der Waals surface area (Å²) in [4.78, 5) is 1.24. The second kappa shape index (κ2) is 6.61. The van der Waals surface area contributed by atoms with Crippen LogP contribution in [-0.2, 0) is 0 Å². The van der Waals surface area contributed by atoms with Crippen molar-refractivity contribution < 1.29 is 4.74 Å². The number of hydrogen-bond acceptors (Lipinski definition) is 3. The van der Waals surface area contributed by atoms with E-state index in [0.29, 0.717) is 0 Å². The molecule has 0 aliphatic carbocycles. The third kappa shape index (κ3) is 3.17. The molecule has 0 aliphatic rings. The molecule has 0 saturated heterocycles. The highest BCUT2D eigenvalue weighted by Gasteiger charge is 2.17. The molecule has 1 atom stereocenters. The lowest BCUT2D eigenvalue weighted by molar-refractivity contribution is 0.410. The van der Waals surface area contributed by atoms with E-state index in [-0.39, 0.29) is 6.04 Å². The molecule has 1 unspecified atom stereocenters. The Balaban J connectivity index is 2.42. The Labute approximate surface area is 129 Å². The third-order valence-electron chi connectivity index (χ3n) is 3.33. The summed E-state index contributed by atoms with van der Waals surface area (Å²) in [5.74, 6) is 0.921. The zero-order valence-electron chi connectivity index (χ0n) is 12.3. The van der Waals surface area contributed by atoms with Crippen molar-refractivity contribution in [3.63, 3.8) is 0 Å². The van der Waals surface area contributed by atoms with E-state index in [0.717, 1.165) is 27.8 Å². The molecule has 108 valence electrons. The second-order valence-corrected chi connectivity index (χ2v) is 6.51. The van der Waals surface area contributed by atoms with Crippen molar-refractivity contribution in [1.82, 2.24) is 5.32 Å². The Morgan fingerprint density at radius 1 is 1.25 bits per heavy atom. The van der Waals surface area contributed by atoms with Crippen LogP contribution in [-0.4, -0.2) is 13.7 Å². The standard InChI is InChI=1S/C16H20ClNOS/c1-5-18-15(14-8-11(3)16(17)20-14)12-7-6-10(2)13(9-12)19-4/h6-9,15,18H,5H2,1-4H3. The van der Waals surface area contributed by atoms with Gasteiger partial charge >= 0.3 is 0 Å². The van der Waals surface area contributed by atoms with Crippen LogP contribution in [0.1, 0.15) is 34.5 Å². The summed E-state index contributed by atoms with van der Waals surface area (Å²) in [5, 5.41) is 3.52. The van der Waals surface area contributed by atoms with Crippen LogP contribution in [0.4, 0.5) is 0 Å². The van der Waals surface area contributed by atoms with Gasteiger partial charge in [-0.3, -0.25) is 0 Å². The first kappa shape index (κ1) is 15.4. The van der Waals surface area contributed by atoms with E-state index in [2.05, 4.69) is 43.4 Å². The Morgan fingerprint density at radius 3 is 2.55 bits per heavy atom. The third-order valence-corrected chi connectivity index (χ3v) is 4.95. The van der Waals surface area contributed by atoms with Gasteiger partial charge in [0, 0.05) is 4.88 Å². The van der Waals surface area contributed by atoms with Gasteiger partial charge < -0.3 is 10.1 Å². The minimum atomic E-state index is 0.158. The fraction of sp³-hybridized carbons (Fsp3) is 0.375. The fourth-order valence-corrected chi connectivity index (χ4v) is 3.55. The van der Waals surface area contributed by atoms with E-state index in [1.165, 1.54) is 10.4 Å². The number of methoxy groups -OCH3 is 1. The molecular formula is C16H20ClNOS. The molecule has 1 aromatic heterocycles. The summed E-state index contributed by atoms with van der Waals surface area (Å²) in [7, 11) is 1.71. The van der Waals surface area contributed by atoms with Crippen LogP contribution in [0.3, 0.4) is 0 Å². The van der Waals surface area contributed by atoms with Gasteiger partial charge in [0.1, 0.15) is 5.75 Å². The van der Waals surface area contributed by atoms with Crippen LogP contribution in [0.15, 0.2) is 24.3 Å². The molecular weight excluding hydrogens is 290 g/mol. The molecule has 20 heavy (non-hydrogen) atoms. The quantitative estimate of drug-likeness (QED) is 0.862. The van der Waals surface area contributed by atoms with Crippen molar-refractivity contribution in [2.45, 2.75) is 26.8 Å². The van der Waals surface area contributed by atoms with Crippen LogP contribution in [0.5, 0.6) is 5.75 Å². The van der Waals surface area contributed by atoms with Gasteiger partial charge in [0.15, 0.2) is 0 Å². The van der Waals surface area contributed by atoms with Crippen molar-refractivity contribution >= 4 is 22.9 Å². The number of hydrogen-bond donors (Lipinski definition) is 1. The summed E-state index contributed by atoms with van der Waals surface area (Å²) >= 11 is 7.85. The molecule has 0 fully saturated rings. The van der Waals surface area contributed by atoms with Gasteiger partial charge in [-0.1, -0.05) is 30.7 Å². The van der Waals surface area contributed by atoms with Gasteiger partial charge in [0.2, 0.25) is 0 Å². The number of rotatable bonds is 5. The van der Waals surface area contributed by atoms with E-state index >= 15 is 0 Å². The lowest BCUT2D eigenvalue weighted by atomic mass is 10.0. The average Bonchev–Trinajstić information content (AvgIpc) is 2.76. The predicted octanol–water partition coefficient (Wildman–Crippen LogP) is 4.73. The highest BCUT2D eigenvalue weighted by Crippen LogP contribution is 2.35. The van der Waals surface area contributed by atoms with Gasteiger partial charge in [-0.2, -0.15) is 0 Å². The molecule has 4 heteroatoms. The van der Waals surface area contributed by atoms with Gasteiger partial charge in [-0.05, 0) is 49.2 Å². The van der Waals surface area contributed by atoms with Crippen LogP contribution >= 0.6 is 22.9 Å². The topological polar surface area (TPSA) is 21.3 Å². The Kier molecular flexibility index (Phi) is 5.08. The number of halogens is 1. The summed E-state index contributed by atoms with van der Waals surface area (Å²) < 4.78 is 6.29. The zero-order chi connectivity index (χ0) is 14.7. The van der Waals surface area contributed by atoms with E-state index in [1.807, 2.05) is 6.92 Å². The molecule has 2 nitrogen and oxygen atoms in total. The Morgan fingerprint density at radius 2 is 2.00 bits per heavy atom. The van der Waals surface area contributed by atoms with Crippen LogP contribution in [0.25, 0.3) is 0 Å².